The number of aryl methyl sites for hydroxylation is 1. The minimum absolute atomic E-state index is 0.320. The van der Waals surface area contributed by atoms with Gasteiger partial charge in [0.2, 0.25) is 11.7 Å². The van der Waals surface area contributed by atoms with Crippen LogP contribution < -0.4 is 4.90 Å². The fourth-order valence-electron chi connectivity index (χ4n) is 2.46. The number of esters is 1. The van der Waals surface area contributed by atoms with Crippen molar-refractivity contribution >= 4 is 11.8 Å². The largest absolute Gasteiger partial charge is 0.462 e. The van der Waals surface area contributed by atoms with Crippen molar-refractivity contribution in [3.8, 4) is 0 Å². The second-order valence-corrected chi connectivity index (χ2v) is 5.07. The molecule has 23 heavy (non-hydrogen) atoms. The minimum Gasteiger partial charge on any atom is -0.462 e. The molecule has 3 rings (SSSR count). The highest BCUT2D eigenvalue weighted by atomic mass is 16.5. The van der Waals surface area contributed by atoms with Crippen molar-refractivity contribution < 1.29 is 18.8 Å². The van der Waals surface area contributed by atoms with Gasteiger partial charge in [-0.1, -0.05) is 5.16 Å². The van der Waals surface area contributed by atoms with Crippen LogP contribution in [-0.2, 0) is 9.47 Å². The van der Waals surface area contributed by atoms with Gasteiger partial charge in [-0.2, -0.15) is 4.98 Å². The van der Waals surface area contributed by atoms with Gasteiger partial charge in [-0.25, -0.2) is 9.78 Å². The molecule has 0 bridgehead atoms. The Bertz CT molecular complexity index is 688. The molecule has 1 fully saturated rings. The predicted molar refractivity (Wildman–Crippen MR) is 80.1 cm³/mol. The van der Waals surface area contributed by atoms with Crippen molar-refractivity contribution in [2.75, 3.05) is 31.2 Å². The molecular weight excluding hydrogens is 300 g/mol. The lowest BCUT2D eigenvalue weighted by molar-refractivity contribution is 0.0320. The highest BCUT2D eigenvalue weighted by Gasteiger charge is 2.29. The predicted octanol–water partition coefficient (Wildman–Crippen LogP) is 1.53. The van der Waals surface area contributed by atoms with Gasteiger partial charge in [0.05, 0.1) is 19.8 Å². The minimum atomic E-state index is -0.381. The Balaban J connectivity index is 1.83. The van der Waals surface area contributed by atoms with Gasteiger partial charge in [0.15, 0.2) is 0 Å². The Hall–Kier alpha value is -2.48. The molecule has 2 aromatic heterocycles. The summed E-state index contributed by atoms with van der Waals surface area (Å²) in [4.78, 5) is 22.6. The maximum absolute atomic E-state index is 12.1. The van der Waals surface area contributed by atoms with E-state index in [1.807, 2.05) is 4.90 Å². The van der Waals surface area contributed by atoms with E-state index in [0.717, 1.165) is 0 Å². The average Bonchev–Trinajstić information content (AvgIpc) is 3.02. The first-order valence-corrected chi connectivity index (χ1v) is 7.48. The fourth-order valence-corrected chi connectivity index (χ4v) is 2.46. The molecular formula is C15H18N4O4. The Morgan fingerprint density at radius 3 is 3.13 bits per heavy atom. The smallest absolute Gasteiger partial charge is 0.341 e. The van der Waals surface area contributed by atoms with Crippen LogP contribution in [0.1, 0.15) is 35.1 Å². The topological polar surface area (TPSA) is 90.6 Å². The summed E-state index contributed by atoms with van der Waals surface area (Å²) in [5, 5.41) is 3.90. The highest BCUT2D eigenvalue weighted by Crippen LogP contribution is 2.26. The van der Waals surface area contributed by atoms with E-state index in [4.69, 9.17) is 14.0 Å². The molecule has 0 N–H and O–H groups in total. The molecule has 8 nitrogen and oxygen atoms in total. The molecule has 1 unspecified atom stereocenters. The SMILES string of the molecule is CCOC(=O)c1cccnc1N1CCOC(c2noc(C)n2)C1. The summed E-state index contributed by atoms with van der Waals surface area (Å²) >= 11 is 0. The lowest BCUT2D eigenvalue weighted by Crippen LogP contribution is -2.40. The van der Waals surface area contributed by atoms with Crippen molar-refractivity contribution in [1.82, 2.24) is 15.1 Å². The maximum Gasteiger partial charge on any atom is 0.341 e. The van der Waals surface area contributed by atoms with E-state index in [-0.39, 0.29) is 12.1 Å². The molecule has 0 spiro atoms. The monoisotopic (exact) mass is 318 g/mol. The van der Waals surface area contributed by atoms with Crippen molar-refractivity contribution in [1.29, 1.82) is 0 Å². The fraction of sp³-hybridized carbons (Fsp3) is 0.467. The molecule has 1 atom stereocenters. The molecule has 0 aliphatic carbocycles. The van der Waals surface area contributed by atoms with E-state index in [9.17, 15) is 4.79 Å². The number of ether oxygens (including phenoxy) is 2. The van der Waals surface area contributed by atoms with Gasteiger partial charge in [0.25, 0.3) is 0 Å². The lowest BCUT2D eigenvalue weighted by atomic mass is 10.2. The zero-order chi connectivity index (χ0) is 16.2. The molecule has 8 heteroatoms. The number of hydrogen-bond donors (Lipinski definition) is 0. The lowest BCUT2D eigenvalue weighted by Gasteiger charge is -2.33. The summed E-state index contributed by atoms with van der Waals surface area (Å²) in [5.74, 6) is 1.19. The van der Waals surface area contributed by atoms with Crippen molar-refractivity contribution in [2.45, 2.75) is 20.0 Å². The number of nitrogens with zero attached hydrogens (tertiary/aromatic N) is 4. The molecule has 2 aromatic rings. The number of morpholine rings is 1. The molecule has 122 valence electrons. The normalized spacial score (nSPS) is 18.0. The first kappa shape index (κ1) is 15.4. The molecule has 1 saturated heterocycles. The first-order chi connectivity index (χ1) is 11.2. The number of carbonyl (C=O) groups excluding carboxylic acids is 1. The molecule has 1 aliphatic rings. The average molecular weight is 318 g/mol. The van der Waals surface area contributed by atoms with E-state index < -0.39 is 0 Å². The van der Waals surface area contributed by atoms with E-state index in [1.165, 1.54) is 0 Å². The number of aromatic nitrogens is 3. The van der Waals surface area contributed by atoms with Crippen molar-refractivity contribution in [2.24, 2.45) is 0 Å². The van der Waals surface area contributed by atoms with Crippen LogP contribution in [0.5, 0.6) is 0 Å². The number of hydrogen-bond acceptors (Lipinski definition) is 8. The summed E-state index contributed by atoms with van der Waals surface area (Å²) < 4.78 is 15.8. The Kier molecular flexibility index (Phi) is 4.52. The number of carbonyl (C=O) groups is 1. The summed E-state index contributed by atoms with van der Waals surface area (Å²) in [6.07, 6.45) is 1.33. The van der Waals surface area contributed by atoms with Gasteiger partial charge in [-0.05, 0) is 19.1 Å². The van der Waals surface area contributed by atoms with Crippen molar-refractivity contribution in [3.05, 3.63) is 35.6 Å². The number of pyridine rings is 1. The second-order valence-electron chi connectivity index (χ2n) is 5.07. The van der Waals surface area contributed by atoms with Gasteiger partial charge in [0.1, 0.15) is 17.5 Å². The zero-order valence-corrected chi connectivity index (χ0v) is 13.1. The summed E-state index contributed by atoms with van der Waals surface area (Å²) in [6, 6.07) is 3.43. The van der Waals surface area contributed by atoms with Crippen molar-refractivity contribution in [3.63, 3.8) is 0 Å². The molecule has 0 aromatic carbocycles. The third kappa shape index (κ3) is 3.31. The third-order valence-electron chi connectivity index (χ3n) is 3.48. The van der Waals surface area contributed by atoms with Crippen LogP contribution in [0, 0.1) is 6.92 Å². The summed E-state index contributed by atoms with van der Waals surface area (Å²) in [5.41, 5.74) is 0.444. The number of anilines is 1. The zero-order valence-electron chi connectivity index (χ0n) is 13.1. The van der Waals surface area contributed by atoms with E-state index in [2.05, 4.69) is 15.1 Å². The molecule has 0 radical (unpaired) electrons. The van der Waals surface area contributed by atoms with E-state index in [0.29, 0.717) is 49.4 Å². The Morgan fingerprint density at radius 2 is 2.39 bits per heavy atom. The van der Waals surface area contributed by atoms with Crippen LogP contribution in [0.25, 0.3) is 0 Å². The second kappa shape index (κ2) is 6.74. The third-order valence-corrected chi connectivity index (χ3v) is 3.48. The van der Waals surface area contributed by atoms with Crippen LogP contribution in [0.2, 0.25) is 0 Å². The Labute approximate surface area is 133 Å². The quantitative estimate of drug-likeness (QED) is 0.784. The molecule has 0 amide bonds. The van der Waals surface area contributed by atoms with Gasteiger partial charge in [0, 0.05) is 19.7 Å². The molecule has 0 saturated carbocycles. The van der Waals surface area contributed by atoms with E-state index >= 15 is 0 Å². The van der Waals surface area contributed by atoms with Gasteiger partial charge in [-0.3, -0.25) is 0 Å². The summed E-state index contributed by atoms with van der Waals surface area (Å²) in [6.45, 7) is 5.42. The highest BCUT2D eigenvalue weighted by molar-refractivity contribution is 5.94. The number of rotatable bonds is 4. The van der Waals surface area contributed by atoms with Crippen LogP contribution in [-0.4, -0.2) is 47.4 Å². The van der Waals surface area contributed by atoms with Gasteiger partial charge < -0.3 is 18.9 Å². The van der Waals surface area contributed by atoms with Crippen LogP contribution >= 0.6 is 0 Å². The molecule has 3 heterocycles. The summed E-state index contributed by atoms with van der Waals surface area (Å²) in [7, 11) is 0. The Morgan fingerprint density at radius 1 is 1.52 bits per heavy atom. The standard InChI is InChI=1S/C15H18N4O4/c1-3-21-15(20)11-5-4-6-16-14(11)19-7-8-22-12(9-19)13-17-10(2)23-18-13/h4-6,12H,3,7-9H2,1-2H3. The van der Waals surface area contributed by atoms with Crippen LogP contribution in [0.3, 0.4) is 0 Å². The maximum atomic E-state index is 12.1. The first-order valence-electron chi connectivity index (χ1n) is 7.48. The van der Waals surface area contributed by atoms with E-state index in [1.54, 1.807) is 32.2 Å². The van der Waals surface area contributed by atoms with Gasteiger partial charge in [-0.15, -0.1) is 0 Å². The van der Waals surface area contributed by atoms with Gasteiger partial charge >= 0.3 is 5.97 Å². The molecule has 1 aliphatic heterocycles. The van der Waals surface area contributed by atoms with Crippen LogP contribution in [0.4, 0.5) is 5.82 Å². The van der Waals surface area contributed by atoms with Crippen LogP contribution in [0.15, 0.2) is 22.9 Å².